The third kappa shape index (κ3) is 2.52. The van der Waals surface area contributed by atoms with Crippen LogP contribution >= 0.6 is 11.6 Å². The number of ether oxygens (including phenoxy) is 2. The average Bonchev–Trinajstić information content (AvgIpc) is 2.17. The van der Waals surface area contributed by atoms with Crippen molar-refractivity contribution < 1.29 is 14.3 Å². The van der Waals surface area contributed by atoms with E-state index in [2.05, 4.69) is 9.97 Å². The van der Waals surface area contributed by atoms with Crippen LogP contribution in [0.15, 0.2) is 12.4 Å². The lowest BCUT2D eigenvalue weighted by Crippen LogP contribution is -2.41. The molecule has 0 saturated heterocycles. The molecule has 1 aliphatic carbocycles. The van der Waals surface area contributed by atoms with Crippen molar-refractivity contribution in [1.82, 2.24) is 9.97 Å². The van der Waals surface area contributed by atoms with Crippen molar-refractivity contribution in [1.29, 1.82) is 0 Å². The molecule has 1 saturated carbocycles. The smallest absolute Gasteiger partial charge is 0.404 e. The van der Waals surface area contributed by atoms with Gasteiger partial charge in [0.2, 0.25) is 0 Å². The number of hydrogen-bond donors (Lipinski definition) is 1. The maximum atomic E-state index is 10.4. The molecule has 1 heterocycles. The molecule has 1 aromatic rings. The number of aromatic nitrogens is 2. The predicted molar refractivity (Wildman–Crippen MR) is 55.1 cm³/mol. The topological polar surface area (TPSA) is 87.3 Å². The Hall–Kier alpha value is -1.56. The molecule has 2 rings (SSSR count). The van der Waals surface area contributed by atoms with Gasteiger partial charge in [0.05, 0.1) is 0 Å². The first-order chi connectivity index (χ1) is 7.65. The first kappa shape index (κ1) is 10.9. The number of primary amides is 1. The summed E-state index contributed by atoms with van der Waals surface area (Å²) >= 11 is 5.77. The fourth-order valence-electron chi connectivity index (χ4n) is 1.42. The number of rotatable bonds is 3. The average molecular weight is 244 g/mol. The van der Waals surface area contributed by atoms with E-state index in [0.29, 0.717) is 18.7 Å². The highest BCUT2D eigenvalue weighted by Gasteiger charge is 2.34. The molecule has 0 bridgehead atoms. The van der Waals surface area contributed by atoms with Gasteiger partial charge < -0.3 is 15.2 Å². The molecular formula is C9H10ClN3O3. The first-order valence-electron chi connectivity index (χ1n) is 4.74. The van der Waals surface area contributed by atoms with E-state index in [4.69, 9.17) is 26.8 Å². The van der Waals surface area contributed by atoms with Crippen molar-refractivity contribution in [3.8, 4) is 5.88 Å². The minimum Gasteiger partial charge on any atom is -0.472 e. The van der Waals surface area contributed by atoms with Gasteiger partial charge in [-0.25, -0.2) is 14.8 Å². The van der Waals surface area contributed by atoms with E-state index in [1.54, 1.807) is 0 Å². The molecule has 1 aliphatic rings. The fourth-order valence-corrected chi connectivity index (χ4v) is 1.57. The first-order valence-corrected chi connectivity index (χ1v) is 5.12. The Bertz CT molecular complexity index is 395. The number of halogens is 1. The summed E-state index contributed by atoms with van der Waals surface area (Å²) in [7, 11) is 0. The largest absolute Gasteiger partial charge is 0.472 e. The van der Waals surface area contributed by atoms with E-state index >= 15 is 0 Å². The van der Waals surface area contributed by atoms with Crippen LogP contribution in [-0.4, -0.2) is 28.3 Å². The summed E-state index contributed by atoms with van der Waals surface area (Å²) in [6.07, 6.45) is 3.18. The Kier molecular flexibility index (Phi) is 3.09. The second-order valence-corrected chi connectivity index (χ2v) is 3.78. The van der Waals surface area contributed by atoms with Crippen LogP contribution in [-0.2, 0) is 4.74 Å². The molecule has 0 aromatic carbocycles. The molecule has 1 amide bonds. The summed E-state index contributed by atoms with van der Waals surface area (Å²) in [4.78, 5) is 18.2. The van der Waals surface area contributed by atoms with Crippen molar-refractivity contribution in [3.63, 3.8) is 0 Å². The molecule has 0 radical (unpaired) electrons. The lowest BCUT2D eigenvalue weighted by atomic mass is 9.92. The molecule has 0 spiro atoms. The molecule has 7 heteroatoms. The van der Waals surface area contributed by atoms with Gasteiger partial charge in [-0.1, -0.05) is 11.6 Å². The lowest BCUT2D eigenvalue weighted by Gasteiger charge is -2.33. The van der Waals surface area contributed by atoms with E-state index in [1.807, 2.05) is 0 Å². The third-order valence-electron chi connectivity index (χ3n) is 2.24. The molecule has 0 unspecified atom stereocenters. The summed E-state index contributed by atoms with van der Waals surface area (Å²) in [6.45, 7) is 0. The van der Waals surface area contributed by atoms with Crippen LogP contribution in [0.1, 0.15) is 12.8 Å². The molecule has 86 valence electrons. The standard InChI is InChI=1S/C9H10ClN3O3/c10-7-8(13-2-1-12-7)15-5-3-6(4-5)16-9(11)14/h1-2,5-6H,3-4H2,(H2,11,14). The van der Waals surface area contributed by atoms with Crippen LogP contribution in [0.3, 0.4) is 0 Å². The zero-order valence-corrected chi connectivity index (χ0v) is 9.05. The van der Waals surface area contributed by atoms with Crippen molar-refractivity contribution in [3.05, 3.63) is 17.5 Å². The van der Waals surface area contributed by atoms with Gasteiger partial charge in [-0.05, 0) is 0 Å². The van der Waals surface area contributed by atoms with Crippen molar-refractivity contribution >= 4 is 17.7 Å². The van der Waals surface area contributed by atoms with Gasteiger partial charge in [0.25, 0.3) is 5.88 Å². The number of nitrogens with zero attached hydrogens (tertiary/aromatic N) is 2. The number of hydrogen-bond acceptors (Lipinski definition) is 5. The van der Waals surface area contributed by atoms with Gasteiger partial charge in [0.1, 0.15) is 12.2 Å². The van der Waals surface area contributed by atoms with Crippen LogP contribution in [0.4, 0.5) is 4.79 Å². The highest BCUT2D eigenvalue weighted by Crippen LogP contribution is 2.29. The van der Waals surface area contributed by atoms with Gasteiger partial charge in [-0.3, -0.25) is 0 Å². The summed E-state index contributed by atoms with van der Waals surface area (Å²) in [6, 6.07) is 0. The Balaban J connectivity index is 1.82. The van der Waals surface area contributed by atoms with Crippen LogP contribution < -0.4 is 10.5 Å². The molecule has 0 aliphatic heterocycles. The minimum absolute atomic E-state index is 0.0569. The van der Waals surface area contributed by atoms with Crippen molar-refractivity contribution in [2.75, 3.05) is 0 Å². The summed E-state index contributed by atoms with van der Waals surface area (Å²) in [5, 5.41) is 0.224. The van der Waals surface area contributed by atoms with Gasteiger partial charge in [-0.2, -0.15) is 0 Å². The Morgan fingerprint density at radius 3 is 2.69 bits per heavy atom. The van der Waals surface area contributed by atoms with Gasteiger partial charge in [-0.15, -0.1) is 0 Å². The zero-order valence-electron chi connectivity index (χ0n) is 8.30. The predicted octanol–water partition coefficient (Wildman–Crippen LogP) is 1.14. The maximum absolute atomic E-state index is 10.4. The van der Waals surface area contributed by atoms with Gasteiger partial charge in [0, 0.05) is 25.2 Å². The molecule has 1 fully saturated rings. The second kappa shape index (κ2) is 4.52. The molecule has 16 heavy (non-hydrogen) atoms. The Labute approximate surface area is 96.7 Å². The Morgan fingerprint density at radius 1 is 1.38 bits per heavy atom. The monoisotopic (exact) mass is 243 g/mol. The molecule has 6 nitrogen and oxygen atoms in total. The van der Waals surface area contributed by atoms with Crippen LogP contribution in [0.5, 0.6) is 5.88 Å². The maximum Gasteiger partial charge on any atom is 0.404 e. The highest BCUT2D eigenvalue weighted by atomic mass is 35.5. The fraction of sp³-hybridized carbons (Fsp3) is 0.444. The Morgan fingerprint density at radius 2 is 2.06 bits per heavy atom. The quantitative estimate of drug-likeness (QED) is 0.860. The van der Waals surface area contributed by atoms with Crippen LogP contribution in [0.25, 0.3) is 0 Å². The minimum atomic E-state index is -0.763. The summed E-state index contributed by atoms with van der Waals surface area (Å²) in [5.74, 6) is 0.298. The summed E-state index contributed by atoms with van der Waals surface area (Å²) in [5.41, 5.74) is 4.88. The van der Waals surface area contributed by atoms with Crippen LogP contribution in [0.2, 0.25) is 5.15 Å². The van der Waals surface area contributed by atoms with Gasteiger partial charge in [0.15, 0.2) is 5.15 Å². The third-order valence-corrected chi connectivity index (χ3v) is 2.49. The molecule has 0 atom stereocenters. The second-order valence-electron chi connectivity index (χ2n) is 3.42. The van der Waals surface area contributed by atoms with E-state index in [0.717, 1.165) is 0 Å². The number of nitrogens with two attached hydrogens (primary N) is 1. The molecular weight excluding hydrogens is 234 g/mol. The van der Waals surface area contributed by atoms with E-state index in [-0.39, 0.29) is 17.4 Å². The van der Waals surface area contributed by atoms with E-state index in [9.17, 15) is 4.79 Å². The zero-order chi connectivity index (χ0) is 11.5. The van der Waals surface area contributed by atoms with Crippen LogP contribution in [0, 0.1) is 0 Å². The number of carbonyl (C=O) groups excluding carboxylic acids is 1. The molecule has 2 N–H and O–H groups in total. The number of carbonyl (C=O) groups is 1. The van der Waals surface area contributed by atoms with Crippen molar-refractivity contribution in [2.24, 2.45) is 5.73 Å². The summed E-state index contributed by atoms with van der Waals surface area (Å²) < 4.78 is 10.2. The molecule has 1 aromatic heterocycles. The van der Waals surface area contributed by atoms with E-state index in [1.165, 1.54) is 12.4 Å². The lowest BCUT2D eigenvalue weighted by molar-refractivity contribution is -0.0215. The van der Waals surface area contributed by atoms with Gasteiger partial charge >= 0.3 is 6.09 Å². The number of amides is 1. The normalized spacial score (nSPS) is 23.3. The van der Waals surface area contributed by atoms with Crippen molar-refractivity contribution in [2.45, 2.75) is 25.0 Å². The highest BCUT2D eigenvalue weighted by molar-refractivity contribution is 6.30. The van der Waals surface area contributed by atoms with E-state index < -0.39 is 6.09 Å². The SMILES string of the molecule is NC(=O)OC1CC(Oc2nccnc2Cl)C1.